The zero-order valence-corrected chi connectivity index (χ0v) is 13.6. The summed E-state index contributed by atoms with van der Waals surface area (Å²) in [4.78, 5) is 17.8. The average Bonchev–Trinajstić information content (AvgIpc) is 2.98. The molecule has 21 heavy (non-hydrogen) atoms. The minimum atomic E-state index is 0.0292. The molecule has 0 aliphatic heterocycles. The molecular formula is C15H20N4OS. The van der Waals surface area contributed by atoms with E-state index in [1.54, 1.807) is 22.4 Å². The van der Waals surface area contributed by atoms with Gasteiger partial charge in [0.1, 0.15) is 0 Å². The van der Waals surface area contributed by atoms with Crippen LogP contribution < -0.4 is 4.90 Å². The fourth-order valence-corrected chi connectivity index (χ4v) is 3.30. The Morgan fingerprint density at radius 2 is 2.14 bits per heavy atom. The Hall–Kier alpha value is -1.69. The van der Waals surface area contributed by atoms with Gasteiger partial charge in [0.25, 0.3) is 0 Å². The third-order valence-corrected chi connectivity index (χ3v) is 4.57. The molecule has 1 saturated carbocycles. The summed E-state index contributed by atoms with van der Waals surface area (Å²) in [6.45, 7) is 8.43. The number of amides is 1. The molecule has 0 spiro atoms. The van der Waals surface area contributed by atoms with Gasteiger partial charge in [-0.15, -0.1) is 11.3 Å². The maximum Gasteiger partial charge on any atom is 0.214 e. The summed E-state index contributed by atoms with van der Waals surface area (Å²) in [6, 6.07) is 0.347. The van der Waals surface area contributed by atoms with Crippen LogP contribution in [0.5, 0.6) is 0 Å². The Morgan fingerprint density at radius 3 is 2.67 bits per heavy atom. The second-order valence-corrected chi connectivity index (χ2v) is 7.37. The van der Waals surface area contributed by atoms with Gasteiger partial charge < -0.3 is 4.90 Å². The molecule has 1 amide bonds. The second-order valence-electron chi connectivity index (χ2n) is 6.54. The molecule has 0 saturated heterocycles. The molecule has 0 aromatic carbocycles. The van der Waals surface area contributed by atoms with Gasteiger partial charge in [0.05, 0.1) is 23.3 Å². The predicted octanol–water partition coefficient (Wildman–Crippen LogP) is 3.06. The van der Waals surface area contributed by atoms with Crippen LogP contribution in [0.25, 0.3) is 5.13 Å². The van der Waals surface area contributed by atoms with Gasteiger partial charge in [0.2, 0.25) is 11.5 Å². The smallest absolute Gasteiger partial charge is 0.214 e. The van der Waals surface area contributed by atoms with Gasteiger partial charge in [-0.25, -0.2) is 9.67 Å². The third-order valence-electron chi connectivity index (χ3n) is 3.76. The lowest BCUT2D eigenvalue weighted by molar-refractivity contribution is -0.107. The highest BCUT2D eigenvalue weighted by Crippen LogP contribution is 2.33. The van der Waals surface area contributed by atoms with Crippen LogP contribution >= 0.6 is 11.3 Å². The van der Waals surface area contributed by atoms with Gasteiger partial charge in [0.15, 0.2) is 0 Å². The minimum Gasteiger partial charge on any atom is -0.309 e. The third kappa shape index (κ3) is 2.60. The molecule has 0 atom stereocenters. The van der Waals surface area contributed by atoms with E-state index in [1.807, 2.05) is 11.6 Å². The van der Waals surface area contributed by atoms with Crippen molar-refractivity contribution in [2.24, 2.45) is 0 Å². The van der Waals surface area contributed by atoms with Gasteiger partial charge in [-0.3, -0.25) is 4.79 Å². The monoisotopic (exact) mass is 304 g/mol. The Morgan fingerprint density at radius 1 is 1.43 bits per heavy atom. The van der Waals surface area contributed by atoms with E-state index in [-0.39, 0.29) is 5.41 Å². The molecule has 0 radical (unpaired) electrons. The van der Waals surface area contributed by atoms with Crippen LogP contribution in [0.4, 0.5) is 5.69 Å². The summed E-state index contributed by atoms with van der Waals surface area (Å²) in [5.74, 6) is 0. The van der Waals surface area contributed by atoms with E-state index in [1.165, 1.54) is 0 Å². The van der Waals surface area contributed by atoms with E-state index >= 15 is 0 Å². The van der Waals surface area contributed by atoms with E-state index in [0.717, 1.165) is 41.5 Å². The Bertz CT molecular complexity index is 664. The fraction of sp³-hybridized carbons (Fsp3) is 0.533. The van der Waals surface area contributed by atoms with Crippen LogP contribution in [-0.2, 0) is 10.2 Å². The number of thiazole rings is 1. The minimum absolute atomic E-state index is 0.0292. The molecule has 0 unspecified atom stereocenters. The highest BCUT2D eigenvalue weighted by molar-refractivity contribution is 7.12. The van der Waals surface area contributed by atoms with Crippen molar-refractivity contribution in [3.8, 4) is 5.13 Å². The van der Waals surface area contributed by atoms with Crippen molar-refractivity contribution >= 4 is 23.4 Å². The molecule has 0 bridgehead atoms. The lowest BCUT2D eigenvalue weighted by atomic mass is 9.93. The van der Waals surface area contributed by atoms with Crippen molar-refractivity contribution in [2.45, 2.75) is 52.0 Å². The van der Waals surface area contributed by atoms with Crippen molar-refractivity contribution in [1.29, 1.82) is 0 Å². The van der Waals surface area contributed by atoms with Gasteiger partial charge in [-0.05, 0) is 19.8 Å². The topological polar surface area (TPSA) is 51.0 Å². The number of hydrogen-bond donors (Lipinski definition) is 0. The highest BCUT2D eigenvalue weighted by Gasteiger charge is 2.31. The molecule has 2 aromatic heterocycles. The molecule has 1 aliphatic rings. The Labute approximate surface area is 128 Å². The molecule has 6 heteroatoms. The summed E-state index contributed by atoms with van der Waals surface area (Å²) >= 11 is 1.58. The lowest BCUT2D eigenvalue weighted by Crippen LogP contribution is -2.23. The maximum atomic E-state index is 11.3. The summed E-state index contributed by atoms with van der Waals surface area (Å²) < 4.78 is 1.83. The Kier molecular flexibility index (Phi) is 3.36. The van der Waals surface area contributed by atoms with Crippen molar-refractivity contribution in [3.63, 3.8) is 0 Å². The number of aromatic nitrogens is 3. The summed E-state index contributed by atoms with van der Waals surface area (Å²) in [5, 5.41) is 7.35. The first kappa shape index (κ1) is 14.3. The first-order valence-corrected chi connectivity index (χ1v) is 8.04. The summed E-state index contributed by atoms with van der Waals surface area (Å²) in [5.41, 5.74) is 2.94. The molecule has 2 heterocycles. The number of carbonyl (C=O) groups excluding carboxylic acids is 1. The van der Waals surface area contributed by atoms with E-state index in [2.05, 4.69) is 36.2 Å². The molecule has 112 valence electrons. The highest BCUT2D eigenvalue weighted by atomic mass is 32.1. The zero-order valence-electron chi connectivity index (χ0n) is 12.8. The van der Waals surface area contributed by atoms with Crippen molar-refractivity contribution in [3.05, 3.63) is 23.0 Å². The van der Waals surface area contributed by atoms with Crippen molar-refractivity contribution < 1.29 is 4.79 Å². The molecule has 0 N–H and O–H groups in total. The predicted molar refractivity (Wildman–Crippen MR) is 84.2 cm³/mol. The van der Waals surface area contributed by atoms with Crippen molar-refractivity contribution in [2.75, 3.05) is 4.90 Å². The number of anilines is 1. The van der Waals surface area contributed by atoms with E-state index in [4.69, 9.17) is 0 Å². The zero-order chi connectivity index (χ0) is 15.2. The molecule has 1 aliphatic carbocycles. The SMILES string of the molecule is Cc1c(N(C=O)C2CC2)cnn1-c1nc(C(C)(C)C)cs1. The van der Waals surface area contributed by atoms with Crippen LogP contribution in [0, 0.1) is 6.92 Å². The van der Waals surface area contributed by atoms with Crippen LogP contribution in [-0.4, -0.2) is 27.2 Å². The van der Waals surface area contributed by atoms with Crippen LogP contribution in [0.1, 0.15) is 45.0 Å². The standard InChI is InChI=1S/C15H20N4OS/c1-10-12(18(9-20)11-5-6-11)7-16-19(10)14-17-13(8-21-14)15(2,3)4/h7-9,11H,5-6H2,1-4H3. The maximum absolute atomic E-state index is 11.3. The molecule has 2 aromatic rings. The summed E-state index contributed by atoms with van der Waals surface area (Å²) in [6.07, 6.45) is 4.83. The van der Waals surface area contributed by atoms with E-state index < -0.39 is 0 Å². The van der Waals surface area contributed by atoms with Crippen LogP contribution in [0.3, 0.4) is 0 Å². The van der Waals surface area contributed by atoms with Gasteiger partial charge in [-0.2, -0.15) is 5.10 Å². The molecule has 3 rings (SSSR count). The quantitative estimate of drug-likeness (QED) is 0.816. The van der Waals surface area contributed by atoms with Gasteiger partial charge >= 0.3 is 0 Å². The Balaban J connectivity index is 1.95. The molecule has 5 nitrogen and oxygen atoms in total. The largest absolute Gasteiger partial charge is 0.309 e. The van der Waals surface area contributed by atoms with Crippen LogP contribution in [0.2, 0.25) is 0 Å². The number of hydrogen-bond acceptors (Lipinski definition) is 4. The number of carbonyl (C=O) groups is 1. The fourth-order valence-electron chi connectivity index (χ4n) is 2.25. The van der Waals surface area contributed by atoms with Crippen molar-refractivity contribution in [1.82, 2.24) is 14.8 Å². The molecule has 1 fully saturated rings. The second kappa shape index (κ2) is 4.94. The molecular weight excluding hydrogens is 284 g/mol. The summed E-state index contributed by atoms with van der Waals surface area (Å²) in [7, 11) is 0. The number of rotatable bonds is 4. The lowest BCUT2D eigenvalue weighted by Gasteiger charge is -2.15. The normalized spacial score (nSPS) is 15.2. The average molecular weight is 304 g/mol. The number of nitrogens with zero attached hydrogens (tertiary/aromatic N) is 4. The first-order chi connectivity index (χ1) is 9.91. The van der Waals surface area contributed by atoms with Gasteiger partial charge in [0, 0.05) is 16.8 Å². The van der Waals surface area contributed by atoms with Crippen LogP contribution in [0.15, 0.2) is 11.6 Å². The van der Waals surface area contributed by atoms with Gasteiger partial charge in [-0.1, -0.05) is 20.8 Å². The first-order valence-electron chi connectivity index (χ1n) is 7.16. The van der Waals surface area contributed by atoms with E-state index in [9.17, 15) is 4.79 Å². The van der Waals surface area contributed by atoms with E-state index in [0.29, 0.717) is 6.04 Å².